The van der Waals surface area contributed by atoms with Gasteiger partial charge < -0.3 is 0 Å². The van der Waals surface area contributed by atoms with Crippen molar-refractivity contribution in [2.75, 3.05) is 0 Å². The van der Waals surface area contributed by atoms with Gasteiger partial charge in [0.25, 0.3) is 0 Å². The van der Waals surface area contributed by atoms with Gasteiger partial charge in [0.2, 0.25) is 0 Å². The van der Waals surface area contributed by atoms with Crippen molar-refractivity contribution in [3.8, 4) is 12.3 Å². The molecule has 0 heterocycles. The highest BCUT2D eigenvalue weighted by Crippen LogP contribution is 2.78. The minimum atomic E-state index is 0.314. The molecule has 0 aliphatic heterocycles. The van der Waals surface area contributed by atoms with Crippen LogP contribution in [0, 0.1) is 57.7 Å². The van der Waals surface area contributed by atoms with Crippen LogP contribution in [0.25, 0.3) is 0 Å². The molecule has 8 aliphatic rings. The summed E-state index contributed by atoms with van der Waals surface area (Å²) in [5, 5.41) is 0. The van der Waals surface area contributed by atoms with Crippen LogP contribution in [0.1, 0.15) is 84.0 Å². The molecule has 23 heavy (non-hydrogen) atoms. The molecule has 0 radical (unpaired) electrons. The number of hydrogen-bond acceptors (Lipinski definition) is 0. The van der Waals surface area contributed by atoms with Crippen molar-refractivity contribution in [1.82, 2.24) is 0 Å². The van der Waals surface area contributed by atoms with E-state index in [9.17, 15) is 0 Å². The first-order chi connectivity index (χ1) is 11.0. The van der Waals surface area contributed by atoms with Gasteiger partial charge in [-0.2, -0.15) is 0 Å². The molecule has 8 aliphatic carbocycles. The first-order valence-corrected chi connectivity index (χ1v) is 10.4. The Bertz CT molecular complexity index is 576. The molecule has 4 atom stereocenters. The molecular weight excluding hydrogens is 276 g/mol. The van der Waals surface area contributed by atoms with E-state index < -0.39 is 0 Å². The van der Waals surface area contributed by atoms with Crippen LogP contribution >= 0.6 is 0 Å². The molecule has 8 bridgehead atoms. The molecule has 4 unspecified atom stereocenters. The van der Waals surface area contributed by atoms with Gasteiger partial charge in [0.05, 0.1) is 0 Å². The third-order valence-electron chi connectivity index (χ3n) is 9.85. The fraction of sp³-hybridized carbons (Fsp3) is 0.913. The largest absolute Gasteiger partial charge is 0.120 e. The first-order valence-electron chi connectivity index (χ1n) is 10.4. The first kappa shape index (κ1) is 13.8. The van der Waals surface area contributed by atoms with Gasteiger partial charge in [-0.3, -0.25) is 0 Å². The van der Waals surface area contributed by atoms with Crippen molar-refractivity contribution < 1.29 is 0 Å². The van der Waals surface area contributed by atoms with Crippen LogP contribution in [0.5, 0.6) is 0 Å². The van der Waals surface area contributed by atoms with Crippen LogP contribution < -0.4 is 0 Å². The van der Waals surface area contributed by atoms with Crippen LogP contribution in [0.15, 0.2) is 0 Å². The molecule has 0 saturated heterocycles. The van der Waals surface area contributed by atoms with Crippen molar-refractivity contribution in [2.24, 2.45) is 45.3 Å². The Morgan fingerprint density at radius 1 is 0.696 bits per heavy atom. The molecule has 8 saturated carbocycles. The third-order valence-corrected chi connectivity index (χ3v) is 9.85. The number of rotatable bonds is 1. The predicted molar refractivity (Wildman–Crippen MR) is 93.6 cm³/mol. The van der Waals surface area contributed by atoms with Crippen LogP contribution in [-0.2, 0) is 0 Å². The normalized spacial score (nSPS) is 65.0. The Labute approximate surface area is 142 Å². The Morgan fingerprint density at radius 2 is 1.17 bits per heavy atom. The van der Waals surface area contributed by atoms with Crippen LogP contribution in [-0.4, -0.2) is 0 Å². The van der Waals surface area contributed by atoms with Gasteiger partial charge in [-0.15, -0.1) is 6.42 Å². The molecule has 124 valence electrons. The predicted octanol–water partition coefficient (Wildman–Crippen LogP) is 5.81. The summed E-state index contributed by atoms with van der Waals surface area (Å²) in [6.07, 6.45) is 24.4. The van der Waals surface area contributed by atoms with Gasteiger partial charge in [0, 0.05) is 5.41 Å². The Kier molecular flexibility index (Phi) is 2.32. The fourth-order valence-corrected chi connectivity index (χ4v) is 10.4. The summed E-state index contributed by atoms with van der Waals surface area (Å²) in [6.45, 7) is 2.65. The highest BCUT2D eigenvalue weighted by molar-refractivity contribution is 5.23. The Morgan fingerprint density at radius 3 is 1.65 bits per heavy atom. The molecule has 0 nitrogen and oxygen atoms in total. The summed E-state index contributed by atoms with van der Waals surface area (Å²) in [5.74, 6) is 7.47. The maximum absolute atomic E-state index is 6.15. The van der Waals surface area contributed by atoms with E-state index in [2.05, 4.69) is 12.8 Å². The van der Waals surface area contributed by atoms with E-state index in [-0.39, 0.29) is 0 Å². The van der Waals surface area contributed by atoms with E-state index in [1.807, 2.05) is 0 Å². The summed E-state index contributed by atoms with van der Waals surface area (Å²) in [4.78, 5) is 0. The van der Waals surface area contributed by atoms with Crippen molar-refractivity contribution in [1.29, 1.82) is 0 Å². The van der Waals surface area contributed by atoms with E-state index >= 15 is 0 Å². The zero-order valence-corrected chi connectivity index (χ0v) is 14.9. The van der Waals surface area contributed by atoms with Gasteiger partial charge >= 0.3 is 0 Å². The second-order valence-electron chi connectivity index (χ2n) is 11.7. The lowest BCUT2D eigenvalue weighted by atomic mass is 9.31. The van der Waals surface area contributed by atoms with Crippen molar-refractivity contribution in [3.63, 3.8) is 0 Å². The molecule has 8 fully saturated rings. The number of hydrogen-bond donors (Lipinski definition) is 0. The van der Waals surface area contributed by atoms with E-state index in [0.717, 1.165) is 23.7 Å². The average Bonchev–Trinajstić information content (AvgIpc) is 2.43. The second kappa shape index (κ2) is 3.86. The lowest BCUT2D eigenvalue weighted by Gasteiger charge is -2.73. The van der Waals surface area contributed by atoms with E-state index in [0.29, 0.717) is 21.7 Å². The molecule has 0 amide bonds. The van der Waals surface area contributed by atoms with Crippen molar-refractivity contribution in [2.45, 2.75) is 84.0 Å². The van der Waals surface area contributed by atoms with E-state index in [1.165, 1.54) is 25.7 Å². The number of terminal acetylenes is 1. The Balaban J connectivity index is 1.47. The van der Waals surface area contributed by atoms with Crippen LogP contribution in [0.2, 0.25) is 0 Å². The topological polar surface area (TPSA) is 0 Å². The summed E-state index contributed by atoms with van der Waals surface area (Å²) in [6, 6.07) is 0. The molecule has 0 spiro atoms. The second-order valence-corrected chi connectivity index (χ2v) is 11.7. The summed E-state index contributed by atoms with van der Waals surface area (Å²) in [5.41, 5.74) is 2.36. The molecule has 0 heteroatoms. The van der Waals surface area contributed by atoms with Gasteiger partial charge in [-0.1, -0.05) is 12.8 Å². The standard InChI is InChI=1S/C23H32/c1-3-21-8-18-5-19(9-21)13-23(12-18,15-21)22-10-16-4-17(11-22)7-20(2,6-16)14-22/h1,16-19H,4-15H2,2H3. The zero-order valence-electron chi connectivity index (χ0n) is 14.9. The zero-order chi connectivity index (χ0) is 15.5. The van der Waals surface area contributed by atoms with E-state index in [4.69, 9.17) is 6.42 Å². The summed E-state index contributed by atoms with van der Waals surface area (Å²) < 4.78 is 0. The highest BCUT2D eigenvalue weighted by atomic mass is 14.7. The molecule has 0 N–H and O–H groups in total. The molecular formula is C23H32. The third kappa shape index (κ3) is 1.61. The SMILES string of the molecule is C#CC12CC3CC(C1)CC(C14CC5CC(CC(C)(C5)C1)C4)(C3)C2. The van der Waals surface area contributed by atoms with Crippen LogP contribution in [0.4, 0.5) is 0 Å². The van der Waals surface area contributed by atoms with Gasteiger partial charge in [0.15, 0.2) is 0 Å². The highest BCUT2D eigenvalue weighted by Gasteiger charge is 2.68. The smallest absolute Gasteiger partial charge is 0.0322 e. The van der Waals surface area contributed by atoms with E-state index in [1.54, 1.807) is 51.4 Å². The molecule has 0 aromatic rings. The van der Waals surface area contributed by atoms with Gasteiger partial charge in [0.1, 0.15) is 0 Å². The van der Waals surface area contributed by atoms with Crippen molar-refractivity contribution in [3.05, 3.63) is 0 Å². The van der Waals surface area contributed by atoms with Crippen molar-refractivity contribution >= 4 is 0 Å². The lowest BCUT2D eigenvalue weighted by molar-refractivity contribution is -0.227. The lowest BCUT2D eigenvalue weighted by Crippen LogP contribution is -2.64. The van der Waals surface area contributed by atoms with Crippen LogP contribution in [0.3, 0.4) is 0 Å². The summed E-state index contributed by atoms with van der Waals surface area (Å²) in [7, 11) is 0. The van der Waals surface area contributed by atoms with Gasteiger partial charge in [-0.05, 0) is 117 Å². The fourth-order valence-electron chi connectivity index (χ4n) is 10.4. The minimum Gasteiger partial charge on any atom is -0.120 e. The summed E-state index contributed by atoms with van der Waals surface area (Å²) >= 11 is 0. The maximum Gasteiger partial charge on any atom is 0.0322 e. The molecule has 8 rings (SSSR count). The molecule has 0 aromatic carbocycles. The minimum absolute atomic E-state index is 0.314. The Hall–Kier alpha value is -0.440. The monoisotopic (exact) mass is 308 g/mol. The average molecular weight is 309 g/mol. The maximum atomic E-state index is 6.15. The quantitative estimate of drug-likeness (QED) is 0.536. The van der Waals surface area contributed by atoms with Gasteiger partial charge in [-0.25, -0.2) is 0 Å². The molecule has 0 aromatic heterocycles.